The van der Waals surface area contributed by atoms with Crippen LogP contribution >= 0.6 is 27.5 Å². The van der Waals surface area contributed by atoms with Gasteiger partial charge in [-0.2, -0.15) is 0 Å². The summed E-state index contributed by atoms with van der Waals surface area (Å²) < 4.78 is 1.05. The predicted octanol–water partition coefficient (Wildman–Crippen LogP) is 4.03. The summed E-state index contributed by atoms with van der Waals surface area (Å²) in [7, 11) is 2.06. The van der Waals surface area contributed by atoms with E-state index in [-0.39, 0.29) is 0 Å². The van der Waals surface area contributed by atoms with Crippen LogP contribution in [0.5, 0.6) is 0 Å². The first kappa shape index (κ1) is 12.4. The molecule has 3 heteroatoms. The van der Waals surface area contributed by atoms with Gasteiger partial charge in [-0.1, -0.05) is 33.6 Å². The molecular formula is C13H17BrClN. The normalized spacial score (nSPS) is 17.4. The van der Waals surface area contributed by atoms with Crippen molar-refractivity contribution in [3.63, 3.8) is 0 Å². The Hall–Kier alpha value is -0.0500. The van der Waals surface area contributed by atoms with Gasteiger partial charge in [0.05, 0.1) is 0 Å². The third-order valence-electron chi connectivity index (χ3n) is 3.30. The molecule has 16 heavy (non-hydrogen) atoms. The Morgan fingerprint density at radius 1 is 1.50 bits per heavy atom. The van der Waals surface area contributed by atoms with E-state index in [2.05, 4.69) is 40.4 Å². The number of benzene rings is 1. The summed E-state index contributed by atoms with van der Waals surface area (Å²) in [6.45, 7) is 0. The molecule has 1 saturated carbocycles. The molecule has 1 aliphatic carbocycles. The average molecular weight is 303 g/mol. The van der Waals surface area contributed by atoms with E-state index < -0.39 is 0 Å². The average Bonchev–Trinajstić information content (AvgIpc) is 3.06. The molecule has 1 atom stereocenters. The first-order valence-corrected chi connectivity index (χ1v) is 6.99. The lowest BCUT2D eigenvalue weighted by molar-refractivity contribution is 0.470. The molecule has 0 aromatic heterocycles. The highest BCUT2D eigenvalue weighted by atomic mass is 79.9. The Labute approximate surface area is 111 Å². The standard InChI is InChI=1S/C13H17BrClN/c1-16-13(10-2-3-10)7-5-9-4-6-11(14)8-12(9)15/h4,6,8,10,13,16H,2-3,5,7H2,1H3. The topological polar surface area (TPSA) is 12.0 Å². The number of hydrogen-bond donors (Lipinski definition) is 1. The molecule has 1 aliphatic rings. The van der Waals surface area contributed by atoms with Crippen molar-refractivity contribution < 1.29 is 0 Å². The van der Waals surface area contributed by atoms with Crippen LogP contribution in [0.15, 0.2) is 22.7 Å². The van der Waals surface area contributed by atoms with Gasteiger partial charge in [0, 0.05) is 15.5 Å². The molecular weight excluding hydrogens is 286 g/mol. The molecule has 1 nitrogen and oxygen atoms in total. The van der Waals surface area contributed by atoms with E-state index in [1.807, 2.05) is 6.07 Å². The Morgan fingerprint density at radius 3 is 2.81 bits per heavy atom. The number of aryl methyl sites for hydroxylation is 1. The summed E-state index contributed by atoms with van der Waals surface area (Å²) in [6.07, 6.45) is 5.02. The van der Waals surface area contributed by atoms with Crippen LogP contribution in [0.2, 0.25) is 5.02 Å². The molecule has 1 N–H and O–H groups in total. The van der Waals surface area contributed by atoms with E-state index in [4.69, 9.17) is 11.6 Å². The fourth-order valence-corrected chi connectivity index (χ4v) is 2.92. The summed E-state index contributed by atoms with van der Waals surface area (Å²) in [5, 5.41) is 4.29. The molecule has 0 spiro atoms. The van der Waals surface area contributed by atoms with Crippen molar-refractivity contribution in [3.05, 3.63) is 33.3 Å². The molecule has 1 unspecified atom stereocenters. The van der Waals surface area contributed by atoms with Crippen LogP contribution in [-0.4, -0.2) is 13.1 Å². The highest BCUT2D eigenvalue weighted by Gasteiger charge is 2.29. The van der Waals surface area contributed by atoms with E-state index in [9.17, 15) is 0 Å². The van der Waals surface area contributed by atoms with Gasteiger partial charge in [-0.3, -0.25) is 0 Å². The van der Waals surface area contributed by atoms with E-state index in [1.54, 1.807) is 0 Å². The molecule has 2 rings (SSSR count). The zero-order valence-corrected chi connectivity index (χ0v) is 11.8. The summed E-state index contributed by atoms with van der Waals surface area (Å²) in [5.41, 5.74) is 1.26. The second-order valence-corrected chi connectivity index (χ2v) is 5.83. The van der Waals surface area contributed by atoms with Crippen molar-refractivity contribution in [2.24, 2.45) is 5.92 Å². The maximum absolute atomic E-state index is 6.20. The van der Waals surface area contributed by atoms with E-state index in [0.29, 0.717) is 6.04 Å². The van der Waals surface area contributed by atoms with Crippen LogP contribution < -0.4 is 5.32 Å². The zero-order valence-electron chi connectivity index (χ0n) is 9.47. The SMILES string of the molecule is CNC(CCc1ccc(Br)cc1Cl)C1CC1. The third kappa shape index (κ3) is 3.22. The zero-order chi connectivity index (χ0) is 11.5. The number of hydrogen-bond acceptors (Lipinski definition) is 1. The Bertz CT molecular complexity index is 363. The van der Waals surface area contributed by atoms with E-state index in [1.165, 1.54) is 24.8 Å². The number of halogens is 2. The summed E-state index contributed by atoms with van der Waals surface area (Å²) >= 11 is 9.63. The molecule has 0 heterocycles. The molecule has 0 saturated heterocycles. The lowest BCUT2D eigenvalue weighted by Gasteiger charge is -2.15. The lowest BCUT2D eigenvalue weighted by atomic mass is 10.0. The maximum Gasteiger partial charge on any atom is 0.0449 e. The van der Waals surface area contributed by atoms with Crippen LogP contribution in [-0.2, 0) is 6.42 Å². The Balaban J connectivity index is 1.92. The van der Waals surface area contributed by atoms with Gasteiger partial charge in [0.25, 0.3) is 0 Å². The van der Waals surface area contributed by atoms with Gasteiger partial charge < -0.3 is 5.32 Å². The predicted molar refractivity (Wildman–Crippen MR) is 73.0 cm³/mol. The molecule has 0 radical (unpaired) electrons. The van der Waals surface area contributed by atoms with Crippen LogP contribution in [0, 0.1) is 5.92 Å². The number of nitrogens with one attached hydrogen (secondary N) is 1. The summed E-state index contributed by atoms with van der Waals surface area (Å²) in [6, 6.07) is 6.82. The van der Waals surface area contributed by atoms with Crippen molar-refractivity contribution in [1.29, 1.82) is 0 Å². The highest BCUT2D eigenvalue weighted by molar-refractivity contribution is 9.10. The fourth-order valence-electron chi connectivity index (χ4n) is 2.15. The summed E-state index contributed by atoms with van der Waals surface area (Å²) in [5.74, 6) is 0.902. The van der Waals surface area contributed by atoms with Crippen molar-refractivity contribution in [2.45, 2.75) is 31.7 Å². The van der Waals surface area contributed by atoms with Gasteiger partial charge in [-0.25, -0.2) is 0 Å². The first-order chi connectivity index (χ1) is 7.70. The minimum absolute atomic E-state index is 0.666. The molecule has 1 aromatic carbocycles. The van der Waals surface area contributed by atoms with E-state index >= 15 is 0 Å². The Kier molecular flexibility index (Phi) is 4.28. The molecule has 0 amide bonds. The molecule has 0 bridgehead atoms. The maximum atomic E-state index is 6.20. The van der Waals surface area contributed by atoms with Crippen molar-refractivity contribution in [1.82, 2.24) is 5.32 Å². The van der Waals surface area contributed by atoms with Gasteiger partial charge >= 0.3 is 0 Å². The van der Waals surface area contributed by atoms with Gasteiger partial charge in [0.1, 0.15) is 0 Å². The molecule has 1 fully saturated rings. The monoisotopic (exact) mass is 301 g/mol. The van der Waals surface area contributed by atoms with Gasteiger partial charge in [0.2, 0.25) is 0 Å². The lowest BCUT2D eigenvalue weighted by Crippen LogP contribution is -2.27. The fraction of sp³-hybridized carbons (Fsp3) is 0.538. The van der Waals surface area contributed by atoms with Crippen molar-refractivity contribution in [3.8, 4) is 0 Å². The third-order valence-corrected chi connectivity index (χ3v) is 4.15. The van der Waals surface area contributed by atoms with Gasteiger partial charge in [-0.15, -0.1) is 0 Å². The molecule has 0 aliphatic heterocycles. The quantitative estimate of drug-likeness (QED) is 0.866. The Morgan fingerprint density at radius 2 is 2.25 bits per heavy atom. The van der Waals surface area contributed by atoms with Crippen molar-refractivity contribution in [2.75, 3.05) is 7.05 Å². The van der Waals surface area contributed by atoms with Crippen molar-refractivity contribution >= 4 is 27.5 Å². The highest BCUT2D eigenvalue weighted by Crippen LogP contribution is 2.34. The van der Waals surface area contributed by atoms with Crippen LogP contribution in [0.4, 0.5) is 0 Å². The minimum Gasteiger partial charge on any atom is -0.317 e. The van der Waals surface area contributed by atoms with Crippen LogP contribution in [0.25, 0.3) is 0 Å². The molecule has 1 aromatic rings. The number of rotatable bonds is 5. The summed E-state index contributed by atoms with van der Waals surface area (Å²) in [4.78, 5) is 0. The first-order valence-electron chi connectivity index (χ1n) is 5.82. The molecule has 88 valence electrons. The largest absolute Gasteiger partial charge is 0.317 e. The van der Waals surface area contributed by atoms with E-state index in [0.717, 1.165) is 21.8 Å². The van der Waals surface area contributed by atoms with Crippen LogP contribution in [0.1, 0.15) is 24.8 Å². The van der Waals surface area contributed by atoms with Gasteiger partial charge in [0.15, 0.2) is 0 Å². The second-order valence-electron chi connectivity index (χ2n) is 4.51. The second kappa shape index (κ2) is 5.52. The smallest absolute Gasteiger partial charge is 0.0449 e. The van der Waals surface area contributed by atoms with Crippen LogP contribution in [0.3, 0.4) is 0 Å². The minimum atomic E-state index is 0.666. The van der Waals surface area contributed by atoms with Gasteiger partial charge in [-0.05, 0) is 56.3 Å².